The van der Waals surface area contributed by atoms with E-state index in [1.807, 2.05) is 0 Å². The highest BCUT2D eigenvalue weighted by molar-refractivity contribution is 7.98. The monoisotopic (exact) mass is 231 g/mol. The van der Waals surface area contributed by atoms with Gasteiger partial charge in [-0.1, -0.05) is 29.8 Å². The predicted octanol–water partition coefficient (Wildman–Crippen LogP) is 2.66. The Labute approximate surface area is 99.1 Å². The highest BCUT2D eigenvalue weighted by atomic mass is 32.2. The van der Waals surface area contributed by atoms with E-state index in [4.69, 9.17) is 5.73 Å². The van der Waals surface area contributed by atoms with Crippen LogP contribution in [0.1, 0.15) is 11.1 Å². The van der Waals surface area contributed by atoms with Crippen molar-refractivity contribution in [1.82, 2.24) is 9.97 Å². The van der Waals surface area contributed by atoms with Gasteiger partial charge >= 0.3 is 0 Å². The summed E-state index contributed by atoms with van der Waals surface area (Å²) < 4.78 is 0. The molecule has 0 aliphatic heterocycles. The fraction of sp³-hybridized carbons (Fsp3) is 0.167. The lowest BCUT2D eigenvalue weighted by atomic mass is 10.2. The molecule has 1 aromatic carbocycles. The topological polar surface area (TPSA) is 51.8 Å². The third-order valence-corrected chi connectivity index (χ3v) is 3.07. The number of nitrogen functional groups attached to an aromatic ring is 1. The van der Waals surface area contributed by atoms with Crippen LogP contribution < -0.4 is 5.73 Å². The van der Waals surface area contributed by atoms with Crippen molar-refractivity contribution in [2.24, 2.45) is 0 Å². The van der Waals surface area contributed by atoms with Crippen LogP contribution in [-0.4, -0.2) is 9.97 Å². The molecular weight excluding hydrogens is 218 g/mol. The van der Waals surface area contributed by atoms with Crippen LogP contribution >= 0.6 is 11.8 Å². The molecule has 0 spiro atoms. The molecule has 0 saturated heterocycles. The molecule has 16 heavy (non-hydrogen) atoms. The Morgan fingerprint density at radius 3 is 2.94 bits per heavy atom. The Bertz CT molecular complexity index is 440. The Balaban J connectivity index is 2.02. The van der Waals surface area contributed by atoms with Crippen molar-refractivity contribution in [3.8, 4) is 0 Å². The maximum absolute atomic E-state index is 5.56. The minimum atomic E-state index is 0.467. The van der Waals surface area contributed by atoms with E-state index in [-0.39, 0.29) is 0 Å². The van der Waals surface area contributed by atoms with Crippen molar-refractivity contribution in [2.75, 3.05) is 5.73 Å². The van der Waals surface area contributed by atoms with E-state index in [1.54, 1.807) is 24.2 Å². The molecule has 0 radical (unpaired) electrons. The second kappa shape index (κ2) is 4.99. The number of hydrogen-bond donors (Lipinski definition) is 1. The Morgan fingerprint density at radius 1 is 1.31 bits per heavy atom. The van der Waals surface area contributed by atoms with Crippen LogP contribution in [0.3, 0.4) is 0 Å². The van der Waals surface area contributed by atoms with Crippen molar-refractivity contribution in [3.05, 3.63) is 47.8 Å². The van der Waals surface area contributed by atoms with E-state index in [0.29, 0.717) is 5.82 Å². The lowest BCUT2D eigenvalue weighted by Gasteiger charge is -2.02. The number of aryl methyl sites for hydroxylation is 1. The molecule has 0 fully saturated rings. The lowest BCUT2D eigenvalue weighted by molar-refractivity contribution is 1.07. The second-order valence-corrected chi connectivity index (χ2v) is 4.56. The van der Waals surface area contributed by atoms with Gasteiger partial charge in [0.25, 0.3) is 0 Å². The number of rotatable bonds is 3. The first-order valence-electron chi connectivity index (χ1n) is 5.00. The zero-order valence-electron chi connectivity index (χ0n) is 9.05. The van der Waals surface area contributed by atoms with Crippen molar-refractivity contribution in [2.45, 2.75) is 17.7 Å². The molecule has 2 aromatic rings. The minimum absolute atomic E-state index is 0.467. The summed E-state index contributed by atoms with van der Waals surface area (Å²) in [5.41, 5.74) is 8.13. The largest absolute Gasteiger partial charge is 0.382 e. The summed E-state index contributed by atoms with van der Waals surface area (Å²) >= 11 is 1.64. The molecule has 0 amide bonds. The third-order valence-electron chi connectivity index (χ3n) is 2.10. The number of nitrogens with zero attached hydrogens (tertiary/aromatic N) is 2. The second-order valence-electron chi connectivity index (χ2n) is 3.56. The molecule has 2 rings (SSSR count). The average molecular weight is 231 g/mol. The molecule has 1 aromatic heterocycles. The maximum Gasteiger partial charge on any atom is 0.143 e. The zero-order valence-corrected chi connectivity index (χ0v) is 9.87. The van der Waals surface area contributed by atoms with Gasteiger partial charge in [-0.3, -0.25) is 4.98 Å². The summed E-state index contributed by atoms with van der Waals surface area (Å²) in [6.45, 7) is 2.09. The van der Waals surface area contributed by atoms with Crippen LogP contribution in [0.4, 0.5) is 5.82 Å². The van der Waals surface area contributed by atoms with Gasteiger partial charge in [0, 0.05) is 5.75 Å². The van der Waals surface area contributed by atoms with Gasteiger partial charge < -0.3 is 5.73 Å². The molecule has 0 atom stereocenters. The quantitative estimate of drug-likeness (QED) is 0.825. The van der Waals surface area contributed by atoms with Crippen LogP contribution in [0, 0.1) is 6.92 Å². The molecule has 3 nitrogen and oxygen atoms in total. The highest BCUT2D eigenvalue weighted by Crippen LogP contribution is 2.20. The number of aromatic nitrogens is 2. The van der Waals surface area contributed by atoms with E-state index < -0.39 is 0 Å². The van der Waals surface area contributed by atoms with Gasteiger partial charge in [-0.25, -0.2) is 4.98 Å². The first-order chi connectivity index (χ1) is 7.74. The first-order valence-corrected chi connectivity index (χ1v) is 5.98. The van der Waals surface area contributed by atoms with E-state index in [1.165, 1.54) is 11.1 Å². The molecule has 0 bridgehead atoms. The molecule has 4 heteroatoms. The number of hydrogen-bond acceptors (Lipinski definition) is 4. The lowest BCUT2D eigenvalue weighted by Crippen LogP contribution is -1.92. The van der Waals surface area contributed by atoms with Crippen LogP contribution in [0.15, 0.2) is 41.7 Å². The summed E-state index contributed by atoms with van der Waals surface area (Å²) in [5, 5.41) is 0.863. The number of anilines is 1. The molecule has 2 N–H and O–H groups in total. The van der Waals surface area contributed by atoms with Gasteiger partial charge in [0.1, 0.15) is 10.8 Å². The third kappa shape index (κ3) is 2.97. The van der Waals surface area contributed by atoms with E-state index in [9.17, 15) is 0 Å². The van der Waals surface area contributed by atoms with Gasteiger partial charge in [0.15, 0.2) is 0 Å². The first kappa shape index (κ1) is 11.0. The van der Waals surface area contributed by atoms with E-state index in [2.05, 4.69) is 41.2 Å². The SMILES string of the molecule is Cc1cccc(CSc2cncc(N)n2)c1. The van der Waals surface area contributed by atoms with E-state index in [0.717, 1.165) is 10.8 Å². The van der Waals surface area contributed by atoms with Crippen molar-refractivity contribution in [1.29, 1.82) is 0 Å². The smallest absolute Gasteiger partial charge is 0.143 e. The van der Waals surface area contributed by atoms with Crippen LogP contribution in [0.2, 0.25) is 0 Å². The van der Waals surface area contributed by atoms with Gasteiger partial charge in [0.05, 0.1) is 12.4 Å². The Hall–Kier alpha value is -1.55. The Morgan fingerprint density at radius 2 is 2.19 bits per heavy atom. The summed E-state index contributed by atoms with van der Waals surface area (Å²) in [5.74, 6) is 1.36. The summed E-state index contributed by atoms with van der Waals surface area (Å²) in [6, 6.07) is 8.44. The van der Waals surface area contributed by atoms with Gasteiger partial charge in [-0.15, -0.1) is 11.8 Å². The maximum atomic E-state index is 5.56. The van der Waals surface area contributed by atoms with Crippen LogP contribution in [0.5, 0.6) is 0 Å². The molecule has 0 aliphatic rings. The standard InChI is InChI=1S/C12H13N3S/c1-9-3-2-4-10(5-9)8-16-12-7-14-6-11(13)15-12/h2-7H,8H2,1H3,(H2,13,15). The zero-order chi connectivity index (χ0) is 11.4. The summed E-state index contributed by atoms with van der Waals surface area (Å²) in [4.78, 5) is 8.19. The normalized spacial score (nSPS) is 10.3. The number of thioether (sulfide) groups is 1. The molecule has 0 saturated carbocycles. The fourth-order valence-corrected chi connectivity index (χ4v) is 2.19. The van der Waals surface area contributed by atoms with Gasteiger partial charge in [0.2, 0.25) is 0 Å². The molecule has 0 aliphatic carbocycles. The summed E-state index contributed by atoms with van der Waals surface area (Å²) in [6.07, 6.45) is 3.29. The molecule has 0 unspecified atom stereocenters. The van der Waals surface area contributed by atoms with Crippen LogP contribution in [0.25, 0.3) is 0 Å². The highest BCUT2D eigenvalue weighted by Gasteiger charge is 1.99. The molecule has 1 heterocycles. The number of nitrogens with two attached hydrogens (primary N) is 1. The van der Waals surface area contributed by atoms with Gasteiger partial charge in [-0.2, -0.15) is 0 Å². The van der Waals surface area contributed by atoms with Crippen molar-refractivity contribution in [3.63, 3.8) is 0 Å². The number of benzene rings is 1. The Kier molecular flexibility index (Phi) is 3.41. The predicted molar refractivity (Wildman–Crippen MR) is 67.2 cm³/mol. The molecular formula is C12H13N3S. The summed E-state index contributed by atoms with van der Waals surface area (Å²) in [7, 11) is 0. The van der Waals surface area contributed by atoms with E-state index >= 15 is 0 Å². The van der Waals surface area contributed by atoms with Gasteiger partial charge in [-0.05, 0) is 12.5 Å². The minimum Gasteiger partial charge on any atom is -0.382 e. The molecule has 82 valence electrons. The average Bonchev–Trinajstić information content (AvgIpc) is 2.27. The van der Waals surface area contributed by atoms with Crippen molar-refractivity contribution < 1.29 is 0 Å². The van der Waals surface area contributed by atoms with Crippen LogP contribution in [-0.2, 0) is 5.75 Å². The van der Waals surface area contributed by atoms with Crippen molar-refractivity contribution >= 4 is 17.6 Å². The fourth-order valence-electron chi connectivity index (χ4n) is 1.39.